The van der Waals surface area contributed by atoms with Crippen LogP contribution in [0.2, 0.25) is 0 Å². The molecule has 6 rings (SSSR count). The number of hydrogen-bond acceptors (Lipinski definition) is 8. The minimum Gasteiger partial charge on any atom is -0.486 e. The van der Waals surface area contributed by atoms with E-state index in [0.717, 1.165) is 43.5 Å². The molecule has 0 spiro atoms. The Morgan fingerprint density at radius 1 is 1.15 bits per heavy atom. The molecule has 1 aromatic carbocycles. The smallest absolute Gasteiger partial charge is 0.328 e. The molecule has 0 radical (unpaired) electrons. The first-order valence-electron chi connectivity index (χ1n) is 13.1. The highest BCUT2D eigenvalue weighted by molar-refractivity contribution is 5.96. The van der Waals surface area contributed by atoms with Gasteiger partial charge in [-0.05, 0) is 49.7 Å². The van der Waals surface area contributed by atoms with Crippen molar-refractivity contribution in [2.24, 2.45) is 0 Å². The Kier molecular flexibility index (Phi) is 6.92. The van der Waals surface area contributed by atoms with Crippen molar-refractivity contribution in [3.05, 3.63) is 64.0 Å². The standard InChI is InChI=1S/C28H29FN4O6/c29-22-11-17(1-4-26(35)36)21-2-3-25(34)33-20(16-39-28(22)27(21)33)15-32-7-5-18(6-8-32)30-13-19-12-23-24(14-31-19)38-10-9-37-23/h1-4,11-12,14,18,20,30H,5-10,13,15-16H2,(H,35,36)/b4-1+/t20-/m1/s1. The van der Waals surface area contributed by atoms with Crippen molar-refractivity contribution in [2.45, 2.75) is 31.5 Å². The zero-order chi connectivity index (χ0) is 26.9. The molecule has 10 nitrogen and oxygen atoms in total. The van der Waals surface area contributed by atoms with Gasteiger partial charge in [-0.1, -0.05) is 0 Å². The molecule has 2 N–H and O–H groups in total. The average Bonchev–Trinajstić information content (AvgIpc) is 2.95. The SMILES string of the molecule is O=C(O)/C=C/c1cc(F)c2c3c1ccc(=O)n3[C@H](CN1CCC(NCc3cc4c(cn3)OCCO4)CC1)CO2. The summed E-state index contributed by atoms with van der Waals surface area (Å²) in [5.74, 6) is -0.318. The van der Waals surface area contributed by atoms with Crippen molar-refractivity contribution < 1.29 is 28.5 Å². The molecule has 2 aromatic heterocycles. The number of carboxylic acids is 1. The number of fused-ring (bicyclic) bond motifs is 1. The Morgan fingerprint density at radius 2 is 1.95 bits per heavy atom. The number of carbonyl (C=O) groups is 1. The third kappa shape index (κ3) is 5.19. The van der Waals surface area contributed by atoms with E-state index in [-0.39, 0.29) is 24.0 Å². The van der Waals surface area contributed by atoms with Crippen LogP contribution in [-0.4, -0.2) is 71.0 Å². The minimum absolute atomic E-state index is 0.0297. The molecule has 204 valence electrons. The predicted molar refractivity (Wildman–Crippen MR) is 141 cm³/mol. The molecule has 0 unspecified atom stereocenters. The Labute approximate surface area is 223 Å². The molecule has 0 amide bonds. The first kappa shape index (κ1) is 25.3. The van der Waals surface area contributed by atoms with Crippen molar-refractivity contribution in [3.8, 4) is 17.2 Å². The number of hydrogen-bond donors (Lipinski definition) is 2. The molecule has 3 aliphatic rings. The molecule has 1 atom stereocenters. The van der Waals surface area contributed by atoms with Gasteiger partial charge in [0.15, 0.2) is 23.1 Å². The summed E-state index contributed by atoms with van der Waals surface area (Å²) in [5, 5.41) is 13.2. The van der Waals surface area contributed by atoms with E-state index >= 15 is 0 Å². The summed E-state index contributed by atoms with van der Waals surface area (Å²) < 4.78 is 33.5. The van der Waals surface area contributed by atoms with Crippen LogP contribution in [0.1, 0.15) is 30.1 Å². The molecule has 3 aliphatic heterocycles. The maximum absolute atomic E-state index is 14.9. The second-order valence-electron chi connectivity index (χ2n) is 9.99. The molecule has 5 heterocycles. The molecule has 0 saturated carbocycles. The lowest BCUT2D eigenvalue weighted by Crippen LogP contribution is -2.46. The maximum Gasteiger partial charge on any atom is 0.328 e. The topological polar surface area (TPSA) is 115 Å². The number of ether oxygens (including phenoxy) is 3. The van der Waals surface area contributed by atoms with Gasteiger partial charge in [0.2, 0.25) is 0 Å². The lowest BCUT2D eigenvalue weighted by molar-refractivity contribution is -0.131. The van der Waals surface area contributed by atoms with E-state index in [2.05, 4.69) is 15.2 Å². The molecular weight excluding hydrogens is 507 g/mol. The summed E-state index contributed by atoms with van der Waals surface area (Å²) in [6.45, 7) is 4.17. The third-order valence-electron chi connectivity index (χ3n) is 7.46. The fraction of sp³-hybridized carbons (Fsp3) is 0.393. The van der Waals surface area contributed by atoms with Crippen LogP contribution in [0.25, 0.3) is 17.0 Å². The highest BCUT2D eigenvalue weighted by Crippen LogP contribution is 2.36. The van der Waals surface area contributed by atoms with Crippen molar-refractivity contribution in [3.63, 3.8) is 0 Å². The van der Waals surface area contributed by atoms with Gasteiger partial charge in [0.1, 0.15) is 19.8 Å². The number of halogens is 1. The van der Waals surface area contributed by atoms with Gasteiger partial charge in [0, 0.05) is 42.7 Å². The van der Waals surface area contributed by atoms with Gasteiger partial charge < -0.3 is 29.5 Å². The zero-order valence-electron chi connectivity index (χ0n) is 21.3. The lowest BCUT2D eigenvalue weighted by Gasteiger charge is -2.36. The second-order valence-corrected chi connectivity index (χ2v) is 9.99. The summed E-state index contributed by atoms with van der Waals surface area (Å²) in [6, 6.07) is 6.24. The molecule has 11 heteroatoms. The number of piperidine rings is 1. The first-order valence-corrected chi connectivity index (χ1v) is 13.1. The third-order valence-corrected chi connectivity index (χ3v) is 7.46. The highest BCUT2D eigenvalue weighted by Gasteiger charge is 2.30. The van der Waals surface area contributed by atoms with Crippen molar-refractivity contribution in [1.29, 1.82) is 0 Å². The van der Waals surface area contributed by atoms with Gasteiger partial charge in [-0.2, -0.15) is 0 Å². The highest BCUT2D eigenvalue weighted by atomic mass is 19.1. The van der Waals surface area contributed by atoms with E-state index in [9.17, 15) is 14.0 Å². The lowest BCUT2D eigenvalue weighted by atomic mass is 10.0. The Balaban J connectivity index is 1.12. The van der Waals surface area contributed by atoms with Crippen LogP contribution in [-0.2, 0) is 11.3 Å². The molecule has 3 aromatic rings. The average molecular weight is 537 g/mol. The van der Waals surface area contributed by atoms with Gasteiger partial charge in [-0.15, -0.1) is 0 Å². The number of benzene rings is 1. The summed E-state index contributed by atoms with van der Waals surface area (Å²) in [7, 11) is 0. The number of carboxylic acid groups (broad SMARTS) is 1. The molecule has 39 heavy (non-hydrogen) atoms. The number of pyridine rings is 2. The molecule has 0 bridgehead atoms. The largest absolute Gasteiger partial charge is 0.486 e. The van der Waals surface area contributed by atoms with Crippen molar-refractivity contribution >= 4 is 22.9 Å². The normalized spacial score (nSPS) is 19.4. The van der Waals surface area contributed by atoms with Crippen LogP contribution >= 0.6 is 0 Å². The van der Waals surface area contributed by atoms with Crippen LogP contribution in [0, 0.1) is 5.82 Å². The van der Waals surface area contributed by atoms with E-state index < -0.39 is 11.8 Å². The molecule has 1 saturated heterocycles. The van der Waals surface area contributed by atoms with Crippen LogP contribution in [0.3, 0.4) is 0 Å². The van der Waals surface area contributed by atoms with Crippen LogP contribution < -0.4 is 25.1 Å². The summed E-state index contributed by atoms with van der Waals surface area (Å²) in [6.07, 6.45) is 5.87. The van der Waals surface area contributed by atoms with Gasteiger partial charge in [0.25, 0.3) is 5.56 Å². The first-order chi connectivity index (χ1) is 19.0. The number of aromatic nitrogens is 2. The number of aliphatic carboxylic acids is 1. The van der Waals surface area contributed by atoms with Crippen LogP contribution in [0.5, 0.6) is 17.2 Å². The molecule has 1 fully saturated rings. The Bertz CT molecular complexity index is 1500. The number of nitrogens with one attached hydrogen (secondary N) is 1. The Morgan fingerprint density at radius 3 is 2.74 bits per heavy atom. The van der Waals surface area contributed by atoms with Gasteiger partial charge in [-0.3, -0.25) is 14.3 Å². The van der Waals surface area contributed by atoms with Gasteiger partial charge >= 0.3 is 5.97 Å². The maximum atomic E-state index is 14.9. The van der Waals surface area contributed by atoms with Crippen LogP contribution in [0.15, 0.2) is 41.3 Å². The van der Waals surface area contributed by atoms with E-state index in [1.165, 1.54) is 18.2 Å². The van der Waals surface area contributed by atoms with Gasteiger partial charge in [0.05, 0.1) is 23.4 Å². The number of rotatable bonds is 7. The Hall–Kier alpha value is -3.96. The molecule has 0 aliphatic carbocycles. The monoisotopic (exact) mass is 536 g/mol. The quantitative estimate of drug-likeness (QED) is 0.440. The minimum atomic E-state index is -1.14. The van der Waals surface area contributed by atoms with Gasteiger partial charge in [-0.25, -0.2) is 9.18 Å². The molecular formula is C28H29FN4O6. The fourth-order valence-electron chi connectivity index (χ4n) is 5.55. The van der Waals surface area contributed by atoms with Crippen molar-refractivity contribution in [2.75, 3.05) is 39.5 Å². The fourth-order valence-corrected chi connectivity index (χ4v) is 5.55. The van der Waals surface area contributed by atoms with Crippen LogP contribution in [0.4, 0.5) is 4.39 Å². The zero-order valence-corrected chi connectivity index (χ0v) is 21.3. The van der Waals surface area contributed by atoms with E-state index in [4.69, 9.17) is 19.3 Å². The summed E-state index contributed by atoms with van der Waals surface area (Å²) in [5.41, 5.74) is 1.41. The predicted octanol–water partition coefficient (Wildman–Crippen LogP) is 2.59. The second kappa shape index (κ2) is 10.7. The number of likely N-dealkylation sites (tertiary alicyclic amines) is 1. The summed E-state index contributed by atoms with van der Waals surface area (Å²) in [4.78, 5) is 30.8. The van der Waals surface area contributed by atoms with E-state index in [1.54, 1.807) is 16.8 Å². The van der Waals surface area contributed by atoms with E-state index in [0.29, 0.717) is 54.6 Å². The van der Waals surface area contributed by atoms with Crippen molar-refractivity contribution in [1.82, 2.24) is 19.8 Å². The number of nitrogens with zero attached hydrogens (tertiary/aromatic N) is 3. The van der Waals surface area contributed by atoms with E-state index in [1.807, 2.05) is 6.07 Å². The summed E-state index contributed by atoms with van der Waals surface area (Å²) >= 11 is 0.